The van der Waals surface area contributed by atoms with E-state index in [1.807, 2.05) is 11.8 Å². The maximum atomic E-state index is 10.5. The van der Waals surface area contributed by atoms with E-state index < -0.39 is 6.35 Å². The Morgan fingerprint density at radius 3 is 2.82 bits per heavy atom. The monoisotopic (exact) mass is 396 g/mol. The first kappa shape index (κ1) is 21.8. The average molecular weight is 397 g/mol. The first-order valence-corrected chi connectivity index (χ1v) is 11.3. The molecular weight excluding hydrogens is 356 g/mol. The molecule has 0 spiro atoms. The number of aliphatic imine (C=N–C) groups is 1. The molecule has 0 aromatic heterocycles. The first-order chi connectivity index (χ1) is 13.6. The van der Waals surface area contributed by atoms with Gasteiger partial charge in [0.2, 0.25) is 0 Å². The molecule has 162 valence electrons. The van der Waals surface area contributed by atoms with Crippen LogP contribution in [0.25, 0.3) is 0 Å². The van der Waals surface area contributed by atoms with E-state index in [4.69, 9.17) is 15.5 Å². The van der Waals surface area contributed by atoms with Crippen molar-refractivity contribution < 1.29 is 9.84 Å². The number of piperidine rings is 1. The normalized spacial score (nSPS) is 32.5. The van der Waals surface area contributed by atoms with Crippen LogP contribution in [0.5, 0.6) is 0 Å². The van der Waals surface area contributed by atoms with Crippen LogP contribution in [-0.2, 0) is 4.74 Å². The zero-order chi connectivity index (χ0) is 19.9. The molecule has 2 fully saturated rings. The Hall–Kier alpha value is -0.930. The van der Waals surface area contributed by atoms with E-state index in [9.17, 15) is 5.11 Å². The lowest BCUT2D eigenvalue weighted by Crippen LogP contribution is -2.61. The maximum Gasteiger partial charge on any atom is 0.287 e. The van der Waals surface area contributed by atoms with Crippen LogP contribution in [-0.4, -0.2) is 66.5 Å². The van der Waals surface area contributed by atoms with Crippen molar-refractivity contribution in [3.63, 3.8) is 0 Å². The van der Waals surface area contributed by atoms with Crippen molar-refractivity contribution in [2.75, 3.05) is 19.6 Å². The van der Waals surface area contributed by atoms with Gasteiger partial charge in [-0.05, 0) is 51.6 Å². The third-order valence-electron chi connectivity index (χ3n) is 6.24. The predicted molar refractivity (Wildman–Crippen MR) is 111 cm³/mol. The van der Waals surface area contributed by atoms with Gasteiger partial charge in [-0.15, -0.1) is 0 Å². The number of nitrogens with zero attached hydrogens (tertiary/aromatic N) is 2. The van der Waals surface area contributed by atoms with Gasteiger partial charge < -0.3 is 26.2 Å². The Labute approximate surface area is 169 Å². The Morgan fingerprint density at radius 1 is 1.29 bits per heavy atom. The largest absolute Gasteiger partial charge is 0.462 e. The zero-order valence-corrected chi connectivity index (χ0v) is 17.6. The Balaban J connectivity index is 1.46. The van der Waals surface area contributed by atoms with Gasteiger partial charge in [0.1, 0.15) is 6.17 Å². The zero-order valence-electron chi connectivity index (χ0n) is 17.6. The predicted octanol–water partition coefficient (Wildman–Crippen LogP) is 0.871. The maximum absolute atomic E-state index is 10.5. The summed E-state index contributed by atoms with van der Waals surface area (Å²) in [5, 5.41) is 20.2. The minimum absolute atomic E-state index is 0.0997. The van der Waals surface area contributed by atoms with Gasteiger partial charge in [-0.3, -0.25) is 5.32 Å². The summed E-state index contributed by atoms with van der Waals surface area (Å²) in [4.78, 5) is 6.74. The van der Waals surface area contributed by atoms with E-state index in [-0.39, 0.29) is 24.5 Å². The Kier molecular flexibility index (Phi) is 8.35. The molecule has 0 radical (unpaired) electrons. The summed E-state index contributed by atoms with van der Waals surface area (Å²) in [6.45, 7) is 7.35. The third-order valence-corrected chi connectivity index (χ3v) is 6.24. The van der Waals surface area contributed by atoms with E-state index in [0.717, 1.165) is 31.7 Å². The lowest BCUT2D eigenvalue weighted by molar-refractivity contribution is 0.00393. The highest BCUT2D eigenvalue weighted by molar-refractivity contribution is 5.75. The Bertz CT molecular complexity index is 499. The van der Waals surface area contributed by atoms with E-state index in [1.54, 1.807) is 0 Å². The molecule has 0 aromatic carbocycles. The molecule has 2 saturated heterocycles. The van der Waals surface area contributed by atoms with Crippen LogP contribution >= 0.6 is 0 Å². The minimum atomic E-state index is -0.705. The van der Waals surface area contributed by atoms with Crippen molar-refractivity contribution in [3.05, 3.63) is 0 Å². The summed E-state index contributed by atoms with van der Waals surface area (Å²) >= 11 is 0. The smallest absolute Gasteiger partial charge is 0.287 e. The standard InChI is InChI=1S/C20H40N6O2/c1-3-7-14(2)28-19-24-17(21)16-18(25-19)26(20(27)23-16)13-6-4-5-8-15-9-11-22-12-10-15/h14-18,20,22-23,27H,3-13,21H2,1-2H3,(H,24,25)/t14-,16+,17?,18+,20+/m0/s1. The van der Waals surface area contributed by atoms with Crippen LogP contribution < -0.4 is 21.7 Å². The van der Waals surface area contributed by atoms with Gasteiger partial charge in [-0.25, -0.2) is 9.89 Å². The lowest BCUT2D eigenvalue weighted by Gasteiger charge is -2.33. The third kappa shape index (κ3) is 5.79. The summed E-state index contributed by atoms with van der Waals surface area (Å²) < 4.78 is 5.92. The minimum Gasteiger partial charge on any atom is -0.462 e. The molecule has 3 heterocycles. The molecule has 3 rings (SSSR count). The van der Waals surface area contributed by atoms with Gasteiger partial charge >= 0.3 is 0 Å². The highest BCUT2D eigenvalue weighted by Gasteiger charge is 2.45. The van der Waals surface area contributed by atoms with Crippen LogP contribution in [0.4, 0.5) is 0 Å². The van der Waals surface area contributed by atoms with Gasteiger partial charge in [-0.2, -0.15) is 0 Å². The molecule has 0 bridgehead atoms. The van der Waals surface area contributed by atoms with Gasteiger partial charge in [0.05, 0.1) is 18.3 Å². The molecule has 28 heavy (non-hydrogen) atoms. The number of nitrogens with two attached hydrogens (primary N) is 1. The van der Waals surface area contributed by atoms with E-state index in [0.29, 0.717) is 6.02 Å². The highest BCUT2D eigenvalue weighted by atomic mass is 16.5. The molecule has 0 saturated carbocycles. The van der Waals surface area contributed by atoms with Crippen LogP contribution in [0, 0.1) is 5.92 Å². The molecule has 0 aliphatic carbocycles. The summed E-state index contributed by atoms with van der Waals surface area (Å²) in [6.07, 6.45) is 8.41. The molecule has 6 N–H and O–H groups in total. The van der Waals surface area contributed by atoms with Crippen LogP contribution in [0.2, 0.25) is 0 Å². The first-order valence-electron chi connectivity index (χ1n) is 11.3. The number of aliphatic hydroxyl groups is 1. The fourth-order valence-electron chi connectivity index (χ4n) is 4.59. The van der Waals surface area contributed by atoms with E-state index >= 15 is 0 Å². The van der Waals surface area contributed by atoms with Crippen LogP contribution in [0.3, 0.4) is 0 Å². The number of nitrogens with one attached hydrogen (secondary N) is 3. The second-order valence-corrected chi connectivity index (χ2v) is 8.58. The SMILES string of the molecule is CCC[C@H](C)OC1=N[C@H]2[C@H](N[C@@H](O)N2CCCCCC2CCNCC2)C(N)N1. The lowest BCUT2D eigenvalue weighted by atomic mass is 9.92. The second-order valence-electron chi connectivity index (χ2n) is 8.58. The van der Waals surface area contributed by atoms with E-state index in [2.05, 4.69) is 22.9 Å². The fraction of sp³-hybridized carbons (Fsp3) is 0.950. The average Bonchev–Trinajstić information content (AvgIpc) is 2.99. The van der Waals surface area contributed by atoms with Crippen molar-refractivity contribution in [3.8, 4) is 0 Å². The van der Waals surface area contributed by atoms with Crippen LogP contribution in [0.1, 0.15) is 65.2 Å². The number of ether oxygens (including phenoxy) is 1. The van der Waals surface area contributed by atoms with Gasteiger partial charge in [0, 0.05) is 6.54 Å². The number of hydrogen-bond donors (Lipinski definition) is 5. The van der Waals surface area contributed by atoms with Crippen molar-refractivity contribution in [1.29, 1.82) is 0 Å². The topological polar surface area (TPSA) is 107 Å². The Morgan fingerprint density at radius 2 is 2.07 bits per heavy atom. The summed E-state index contributed by atoms with van der Waals surface area (Å²) in [7, 11) is 0. The summed E-state index contributed by atoms with van der Waals surface area (Å²) in [6, 6.07) is 0.389. The molecule has 5 atom stereocenters. The molecule has 0 amide bonds. The quantitative estimate of drug-likeness (QED) is 0.368. The molecule has 1 unspecified atom stereocenters. The van der Waals surface area contributed by atoms with Crippen molar-refractivity contribution in [2.45, 2.75) is 96.0 Å². The number of hydrogen-bond acceptors (Lipinski definition) is 8. The fourth-order valence-corrected chi connectivity index (χ4v) is 4.59. The summed E-state index contributed by atoms with van der Waals surface area (Å²) in [5.41, 5.74) is 6.27. The number of amidine groups is 1. The van der Waals surface area contributed by atoms with Crippen molar-refractivity contribution in [1.82, 2.24) is 20.9 Å². The van der Waals surface area contributed by atoms with E-state index in [1.165, 1.54) is 45.2 Å². The number of unbranched alkanes of at least 4 members (excludes halogenated alkanes) is 2. The summed E-state index contributed by atoms with van der Waals surface area (Å²) in [5.74, 6) is 0.890. The molecule has 3 aliphatic heterocycles. The molecular formula is C20H40N6O2. The highest BCUT2D eigenvalue weighted by Crippen LogP contribution is 2.24. The number of fused-ring (bicyclic) bond motifs is 1. The molecule has 8 nitrogen and oxygen atoms in total. The van der Waals surface area contributed by atoms with Crippen molar-refractivity contribution >= 4 is 6.02 Å². The number of aliphatic hydroxyl groups excluding tert-OH is 1. The molecule has 0 aromatic rings. The number of rotatable bonds is 9. The van der Waals surface area contributed by atoms with Gasteiger partial charge in [-0.1, -0.05) is 32.6 Å². The van der Waals surface area contributed by atoms with Crippen molar-refractivity contribution in [2.24, 2.45) is 16.6 Å². The molecule has 3 aliphatic rings. The van der Waals surface area contributed by atoms with Crippen LogP contribution in [0.15, 0.2) is 4.99 Å². The van der Waals surface area contributed by atoms with Gasteiger partial charge in [0.15, 0.2) is 6.35 Å². The molecule has 8 heteroatoms. The second kappa shape index (κ2) is 10.7. The van der Waals surface area contributed by atoms with Gasteiger partial charge in [0.25, 0.3) is 6.02 Å².